The largest absolute Gasteiger partial charge is 0.454 e. The van der Waals surface area contributed by atoms with Crippen molar-refractivity contribution in [2.75, 3.05) is 18.1 Å². The van der Waals surface area contributed by atoms with E-state index in [0.29, 0.717) is 0 Å². The molecule has 0 amide bonds. The lowest BCUT2D eigenvalue weighted by Crippen LogP contribution is -2.42. The van der Waals surface area contributed by atoms with E-state index in [2.05, 4.69) is 0 Å². The molecule has 2 aromatic rings. The SMILES string of the molecule is Cn1c(N)c(C(=O)COC(=O)c2cc(Cl)cc(Cl)c2N)c(=O)n(C)c1=O. The lowest BCUT2D eigenvalue weighted by molar-refractivity contribution is 0.0475. The number of aromatic nitrogens is 2. The quantitative estimate of drug-likeness (QED) is 0.434. The second kappa shape index (κ2) is 7.22. The molecular weight excluding hydrogens is 387 g/mol. The summed E-state index contributed by atoms with van der Waals surface area (Å²) in [6.45, 7) is -0.792. The smallest absolute Gasteiger partial charge is 0.340 e. The fraction of sp³-hybridized carbons (Fsp3) is 0.200. The number of anilines is 2. The summed E-state index contributed by atoms with van der Waals surface area (Å²) in [5.41, 5.74) is 9.12. The van der Waals surface area contributed by atoms with Crippen LogP contribution in [0.15, 0.2) is 21.7 Å². The summed E-state index contributed by atoms with van der Waals surface area (Å²) < 4.78 is 6.54. The second-order valence-electron chi connectivity index (χ2n) is 5.31. The Morgan fingerprint density at radius 2 is 1.73 bits per heavy atom. The van der Waals surface area contributed by atoms with Crippen LogP contribution in [0, 0.1) is 0 Å². The Labute approximate surface area is 156 Å². The first-order valence-electron chi connectivity index (χ1n) is 7.06. The van der Waals surface area contributed by atoms with Crippen LogP contribution in [0.5, 0.6) is 0 Å². The van der Waals surface area contributed by atoms with Gasteiger partial charge >= 0.3 is 11.7 Å². The average Bonchev–Trinajstić information content (AvgIpc) is 2.59. The van der Waals surface area contributed by atoms with Gasteiger partial charge in [-0.05, 0) is 12.1 Å². The minimum absolute atomic E-state index is 0.0481. The molecule has 0 saturated carbocycles. The van der Waals surface area contributed by atoms with Gasteiger partial charge in [0.15, 0.2) is 6.61 Å². The molecule has 1 heterocycles. The lowest BCUT2D eigenvalue weighted by atomic mass is 10.1. The number of halogens is 2. The van der Waals surface area contributed by atoms with Crippen molar-refractivity contribution in [1.82, 2.24) is 9.13 Å². The molecule has 0 aliphatic rings. The maximum atomic E-state index is 12.3. The van der Waals surface area contributed by atoms with E-state index in [4.69, 9.17) is 39.4 Å². The van der Waals surface area contributed by atoms with E-state index in [1.54, 1.807) is 0 Å². The van der Waals surface area contributed by atoms with E-state index in [1.807, 2.05) is 0 Å². The molecule has 2 rings (SSSR count). The molecule has 0 saturated heterocycles. The van der Waals surface area contributed by atoms with Gasteiger partial charge in [-0.3, -0.25) is 18.7 Å². The number of carbonyl (C=O) groups is 2. The fourth-order valence-electron chi connectivity index (χ4n) is 2.16. The van der Waals surface area contributed by atoms with Crippen LogP contribution in [-0.2, 0) is 18.8 Å². The summed E-state index contributed by atoms with van der Waals surface area (Å²) in [7, 11) is 2.50. The number of nitrogen functional groups attached to an aromatic ring is 2. The van der Waals surface area contributed by atoms with Crippen molar-refractivity contribution in [2.45, 2.75) is 0 Å². The number of nitrogens with zero attached hydrogens (tertiary/aromatic N) is 2. The van der Waals surface area contributed by atoms with Gasteiger partial charge in [0.1, 0.15) is 11.4 Å². The zero-order chi connectivity index (χ0) is 19.8. The summed E-state index contributed by atoms with van der Waals surface area (Å²) >= 11 is 11.6. The van der Waals surface area contributed by atoms with Crippen LogP contribution in [0.1, 0.15) is 20.7 Å². The first kappa shape index (κ1) is 19.5. The van der Waals surface area contributed by atoms with E-state index in [1.165, 1.54) is 26.2 Å². The molecule has 1 aromatic carbocycles. The number of rotatable bonds is 4. The van der Waals surface area contributed by atoms with E-state index in [9.17, 15) is 19.2 Å². The standard InChI is InChI=1S/C15H14Cl2N4O5/c1-20-12(19)10(13(23)21(2)15(20)25)9(22)5-26-14(24)7-3-6(16)4-8(17)11(7)18/h3-4H,5,18-19H2,1-2H3. The number of hydrogen-bond acceptors (Lipinski definition) is 7. The summed E-state index contributed by atoms with van der Waals surface area (Å²) in [5.74, 6) is -2.16. The normalized spacial score (nSPS) is 10.6. The van der Waals surface area contributed by atoms with Crippen molar-refractivity contribution >= 4 is 46.5 Å². The van der Waals surface area contributed by atoms with E-state index >= 15 is 0 Å². The van der Waals surface area contributed by atoms with E-state index in [-0.39, 0.29) is 27.1 Å². The highest BCUT2D eigenvalue weighted by Gasteiger charge is 2.22. The molecular formula is C15H14Cl2N4O5. The van der Waals surface area contributed by atoms with Crippen LogP contribution in [0.25, 0.3) is 0 Å². The highest BCUT2D eigenvalue weighted by molar-refractivity contribution is 6.37. The number of nitrogens with two attached hydrogens (primary N) is 2. The molecule has 11 heteroatoms. The Hall–Kier alpha value is -2.78. The first-order valence-corrected chi connectivity index (χ1v) is 7.82. The Morgan fingerprint density at radius 3 is 2.35 bits per heavy atom. The van der Waals surface area contributed by atoms with Gasteiger partial charge in [0, 0.05) is 19.1 Å². The van der Waals surface area contributed by atoms with Crippen LogP contribution < -0.4 is 22.7 Å². The topological polar surface area (TPSA) is 139 Å². The molecule has 0 radical (unpaired) electrons. The number of Topliss-reactive ketones (excluding diaryl/α,β-unsaturated/α-hetero) is 1. The van der Waals surface area contributed by atoms with Crippen LogP contribution in [0.4, 0.5) is 11.5 Å². The van der Waals surface area contributed by atoms with Gasteiger partial charge in [0.05, 0.1) is 16.3 Å². The van der Waals surface area contributed by atoms with Crippen LogP contribution >= 0.6 is 23.2 Å². The fourth-order valence-corrected chi connectivity index (χ4v) is 2.65. The highest BCUT2D eigenvalue weighted by atomic mass is 35.5. The molecule has 0 fully saturated rings. The summed E-state index contributed by atoms with van der Waals surface area (Å²) in [6, 6.07) is 2.57. The minimum Gasteiger partial charge on any atom is -0.454 e. The number of ether oxygens (including phenoxy) is 1. The van der Waals surface area contributed by atoms with Crippen molar-refractivity contribution in [2.24, 2.45) is 14.1 Å². The van der Waals surface area contributed by atoms with E-state index in [0.717, 1.165) is 9.13 Å². The van der Waals surface area contributed by atoms with Crippen molar-refractivity contribution < 1.29 is 14.3 Å². The molecule has 0 atom stereocenters. The number of carbonyl (C=O) groups excluding carboxylic acids is 2. The lowest BCUT2D eigenvalue weighted by Gasteiger charge is -2.11. The third-order valence-corrected chi connectivity index (χ3v) is 4.17. The third-order valence-electron chi connectivity index (χ3n) is 3.64. The van der Waals surface area contributed by atoms with Gasteiger partial charge in [0.2, 0.25) is 5.78 Å². The predicted molar refractivity (Wildman–Crippen MR) is 96.8 cm³/mol. The molecule has 0 spiro atoms. The minimum atomic E-state index is -0.958. The molecule has 0 aliphatic heterocycles. The molecule has 0 unspecified atom stereocenters. The van der Waals surface area contributed by atoms with Crippen molar-refractivity contribution in [1.29, 1.82) is 0 Å². The predicted octanol–water partition coefficient (Wildman–Crippen LogP) is 0.595. The van der Waals surface area contributed by atoms with Gasteiger partial charge in [-0.1, -0.05) is 23.2 Å². The van der Waals surface area contributed by atoms with Gasteiger partial charge < -0.3 is 16.2 Å². The number of benzene rings is 1. The molecule has 4 N–H and O–H groups in total. The highest BCUT2D eigenvalue weighted by Crippen LogP contribution is 2.28. The summed E-state index contributed by atoms with van der Waals surface area (Å²) in [5, 5.41) is 0.200. The zero-order valence-electron chi connectivity index (χ0n) is 13.7. The molecule has 138 valence electrons. The molecule has 1 aromatic heterocycles. The Balaban J connectivity index is 2.30. The van der Waals surface area contributed by atoms with Gasteiger partial charge in [-0.15, -0.1) is 0 Å². The molecule has 0 aliphatic carbocycles. The Morgan fingerprint density at radius 1 is 1.12 bits per heavy atom. The maximum Gasteiger partial charge on any atom is 0.340 e. The third kappa shape index (κ3) is 3.44. The van der Waals surface area contributed by atoms with Gasteiger partial charge in [-0.25, -0.2) is 9.59 Å². The summed E-state index contributed by atoms with van der Waals surface area (Å²) in [4.78, 5) is 48.3. The molecule has 9 nitrogen and oxygen atoms in total. The summed E-state index contributed by atoms with van der Waals surface area (Å²) in [6.07, 6.45) is 0. The number of esters is 1. The average molecular weight is 401 g/mol. The number of hydrogen-bond donors (Lipinski definition) is 2. The number of ketones is 1. The molecule has 26 heavy (non-hydrogen) atoms. The second-order valence-corrected chi connectivity index (χ2v) is 6.16. The van der Waals surface area contributed by atoms with Crippen molar-refractivity contribution in [3.05, 3.63) is 54.1 Å². The van der Waals surface area contributed by atoms with Crippen molar-refractivity contribution in [3.63, 3.8) is 0 Å². The monoisotopic (exact) mass is 400 g/mol. The first-order chi connectivity index (χ1) is 12.1. The van der Waals surface area contributed by atoms with Crippen molar-refractivity contribution in [3.8, 4) is 0 Å². The van der Waals surface area contributed by atoms with E-state index < -0.39 is 35.2 Å². The maximum absolute atomic E-state index is 12.3. The molecule has 0 bridgehead atoms. The van der Waals surface area contributed by atoms with Crippen LogP contribution in [0.3, 0.4) is 0 Å². The Kier molecular flexibility index (Phi) is 5.43. The van der Waals surface area contributed by atoms with Crippen LogP contribution in [-0.4, -0.2) is 27.5 Å². The van der Waals surface area contributed by atoms with Crippen LogP contribution in [0.2, 0.25) is 10.0 Å². The zero-order valence-corrected chi connectivity index (χ0v) is 15.2. The van der Waals surface area contributed by atoms with Gasteiger partial charge in [-0.2, -0.15) is 0 Å². The Bertz CT molecular complexity index is 1040. The van der Waals surface area contributed by atoms with Gasteiger partial charge in [0.25, 0.3) is 5.56 Å².